The predicted molar refractivity (Wildman–Crippen MR) is 85.3 cm³/mol. The highest BCUT2D eigenvalue weighted by Crippen LogP contribution is 2.29. The Balaban J connectivity index is 2.61. The molecular formula is C16H29FN2O4. The number of nitrogens with one attached hydrogen (secondary N) is 1. The largest absolute Gasteiger partial charge is 0.465 e. The second-order valence-electron chi connectivity index (χ2n) is 7.36. The predicted octanol–water partition coefficient (Wildman–Crippen LogP) is 3.41. The molecule has 134 valence electrons. The molecule has 0 spiro atoms. The Hall–Kier alpha value is -1.53. The molecule has 0 saturated heterocycles. The minimum atomic E-state index is -1.05. The van der Waals surface area contributed by atoms with E-state index in [1.54, 1.807) is 20.8 Å². The smallest absolute Gasteiger partial charge is 0.407 e. The summed E-state index contributed by atoms with van der Waals surface area (Å²) < 4.78 is 18.5. The molecule has 1 saturated carbocycles. The molecule has 1 aliphatic carbocycles. The summed E-state index contributed by atoms with van der Waals surface area (Å²) in [4.78, 5) is 24.1. The number of carbonyl (C=O) groups is 2. The van der Waals surface area contributed by atoms with E-state index in [-0.39, 0.29) is 12.6 Å². The molecule has 7 heteroatoms. The van der Waals surface area contributed by atoms with Gasteiger partial charge in [0.25, 0.3) is 0 Å². The first-order valence-electron chi connectivity index (χ1n) is 8.14. The minimum absolute atomic E-state index is 0.185. The first-order valence-corrected chi connectivity index (χ1v) is 8.14. The third kappa shape index (κ3) is 8.04. The van der Waals surface area contributed by atoms with E-state index in [1.165, 1.54) is 7.05 Å². The van der Waals surface area contributed by atoms with E-state index >= 15 is 0 Å². The number of halogens is 1. The van der Waals surface area contributed by atoms with Gasteiger partial charge in [0.05, 0.1) is 6.04 Å². The van der Waals surface area contributed by atoms with Crippen molar-refractivity contribution in [3.05, 3.63) is 0 Å². The number of hydrogen-bond acceptors (Lipinski definition) is 3. The molecule has 1 rings (SSSR count). The normalized spacial score (nSPS) is 23.0. The number of ether oxygens (including phenoxy) is 1. The maximum atomic E-state index is 13.2. The lowest BCUT2D eigenvalue weighted by atomic mass is 9.84. The molecule has 23 heavy (non-hydrogen) atoms. The Morgan fingerprint density at radius 2 is 1.87 bits per heavy atom. The van der Waals surface area contributed by atoms with Crippen molar-refractivity contribution >= 4 is 12.2 Å². The maximum Gasteiger partial charge on any atom is 0.407 e. The van der Waals surface area contributed by atoms with Gasteiger partial charge < -0.3 is 20.1 Å². The first-order chi connectivity index (χ1) is 10.6. The van der Waals surface area contributed by atoms with Gasteiger partial charge in [-0.1, -0.05) is 0 Å². The van der Waals surface area contributed by atoms with E-state index < -0.39 is 24.0 Å². The monoisotopic (exact) mass is 332 g/mol. The first kappa shape index (κ1) is 19.5. The molecule has 1 atom stereocenters. The number of likely N-dealkylation sites (N-methyl/N-ethyl adjacent to an activating group) is 1. The molecule has 0 aromatic heterocycles. The van der Waals surface area contributed by atoms with E-state index in [1.807, 2.05) is 0 Å². The van der Waals surface area contributed by atoms with Crippen LogP contribution in [0.25, 0.3) is 0 Å². The number of amides is 2. The molecule has 6 nitrogen and oxygen atoms in total. The summed E-state index contributed by atoms with van der Waals surface area (Å²) in [5, 5.41) is 11.8. The zero-order valence-corrected chi connectivity index (χ0v) is 14.5. The van der Waals surface area contributed by atoms with Gasteiger partial charge in [-0.05, 0) is 58.8 Å². The third-order valence-electron chi connectivity index (χ3n) is 3.94. The number of hydrogen-bond donors (Lipinski definition) is 2. The Morgan fingerprint density at radius 1 is 1.30 bits per heavy atom. The van der Waals surface area contributed by atoms with Crippen molar-refractivity contribution in [2.45, 2.75) is 70.7 Å². The highest BCUT2D eigenvalue weighted by Gasteiger charge is 2.27. The molecule has 0 aromatic carbocycles. The van der Waals surface area contributed by atoms with Gasteiger partial charge in [0, 0.05) is 13.6 Å². The van der Waals surface area contributed by atoms with Crippen LogP contribution in [-0.2, 0) is 4.74 Å². The molecular weight excluding hydrogens is 303 g/mol. The number of alkyl halides is 1. The molecule has 2 N–H and O–H groups in total. The lowest BCUT2D eigenvalue weighted by Crippen LogP contribution is -2.46. The van der Waals surface area contributed by atoms with Gasteiger partial charge in [-0.3, -0.25) is 0 Å². The van der Waals surface area contributed by atoms with Crippen molar-refractivity contribution in [2.24, 2.45) is 5.92 Å². The van der Waals surface area contributed by atoms with E-state index in [2.05, 4.69) is 5.32 Å². The van der Waals surface area contributed by atoms with Crippen molar-refractivity contribution in [3.63, 3.8) is 0 Å². The van der Waals surface area contributed by atoms with Crippen LogP contribution in [0.4, 0.5) is 14.0 Å². The molecule has 0 aromatic rings. The van der Waals surface area contributed by atoms with Crippen LogP contribution in [0.1, 0.15) is 52.9 Å². The van der Waals surface area contributed by atoms with Crippen molar-refractivity contribution in [1.29, 1.82) is 0 Å². The zero-order chi connectivity index (χ0) is 17.6. The summed E-state index contributed by atoms with van der Waals surface area (Å²) in [6.45, 7) is 5.50. The van der Waals surface area contributed by atoms with Gasteiger partial charge in [-0.15, -0.1) is 0 Å². The Morgan fingerprint density at radius 3 is 2.35 bits per heavy atom. The van der Waals surface area contributed by atoms with Crippen LogP contribution in [0.5, 0.6) is 0 Å². The number of alkyl carbamates (subject to hydrolysis) is 1. The quantitative estimate of drug-likeness (QED) is 0.808. The summed E-state index contributed by atoms with van der Waals surface area (Å²) >= 11 is 0. The van der Waals surface area contributed by atoms with Crippen molar-refractivity contribution in [1.82, 2.24) is 10.2 Å². The summed E-state index contributed by atoms with van der Waals surface area (Å²) in [7, 11) is 1.46. The average molecular weight is 332 g/mol. The topological polar surface area (TPSA) is 78.9 Å². The van der Waals surface area contributed by atoms with E-state index in [4.69, 9.17) is 9.84 Å². The number of rotatable bonds is 5. The molecule has 0 unspecified atom stereocenters. The minimum Gasteiger partial charge on any atom is -0.465 e. The SMILES string of the molecule is CN(C[C@H](CC1CCC(F)CC1)NC(=O)OC(C)(C)C)C(=O)O. The van der Waals surface area contributed by atoms with Crippen LogP contribution < -0.4 is 5.32 Å². The summed E-state index contributed by atoms with van der Waals surface area (Å²) in [5.41, 5.74) is -0.611. The van der Waals surface area contributed by atoms with Gasteiger partial charge in [0.1, 0.15) is 11.8 Å². The van der Waals surface area contributed by atoms with Crippen LogP contribution in [0.2, 0.25) is 0 Å². The molecule has 0 heterocycles. The molecule has 0 aliphatic heterocycles. The van der Waals surface area contributed by atoms with Gasteiger partial charge >= 0.3 is 12.2 Å². The Labute approximate surface area is 137 Å². The number of carboxylic acid groups (broad SMARTS) is 1. The van der Waals surface area contributed by atoms with Crippen molar-refractivity contribution < 1.29 is 23.8 Å². The van der Waals surface area contributed by atoms with Crippen molar-refractivity contribution in [2.75, 3.05) is 13.6 Å². The van der Waals surface area contributed by atoms with E-state index in [9.17, 15) is 14.0 Å². The van der Waals surface area contributed by atoms with E-state index in [0.717, 1.165) is 17.7 Å². The van der Waals surface area contributed by atoms with Crippen LogP contribution in [-0.4, -0.2) is 53.6 Å². The zero-order valence-electron chi connectivity index (χ0n) is 14.5. The molecule has 0 radical (unpaired) electrons. The fourth-order valence-corrected chi connectivity index (χ4v) is 2.82. The fourth-order valence-electron chi connectivity index (χ4n) is 2.82. The Kier molecular flexibility index (Phi) is 7.09. The van der Waals surface area contributed by atoms with Gasteiger partial charge in [-0.25, -0.2) is 14.0 Å². The lowest BCUT2D eigenvalue weighted by molar-refractivity contribution is 0.0478. The second-order valence-corrected chi connectivity index (χ2v) is 7.36. The highest BCUT2D eigenvalue weighted by atomic mass is 19.1. The Bertz CT molecular complexity index is 403. The fraction of sp³-hybridized carbons (Fsp3) is 0.875. The summed E-state index contributed by atoms with van der Waals surface area (Å²) in [6, 6.07) is -0.341. The van der Waals surface area contributed by atoms with Gasteiger partial charge in [-0.2, -0.15) is 0 Å². The summed E-state index contributed by atoms with van der Waals surface area (Å²) in [5.74, 6) is 0.295. The highest BCUT2D eigenvalue weighted by molar-refractivity contribution is 5.68. The van der Waals surface area contributed by atoms with Crippen LogP contribution in [0.15, 0.2) is 0 Å². The van der Waals surface area contributed by atoms with Crippen LogP contribution >= 0.6 is 0 Å². The van der Waals surface area contributed by atoms with Crippen LogP contribution in [0.3, 0.4) is 0 Å². The van der Waals surface area contributed by atoms with Gasteiger partial charge in [0.2, 0.25) is 0 Å². The number of carbonyl (C=O) groups excluding carboxylic acids is 1. The van der Waals surface area contributed by atoms with Crippen molar-refractivity contribution in [3.8, 4) is 0 Å². The average Bonchev–Trinajstić information content (AvgIpc) is 2.38. The molecule has 1 fully saturated rings. The molecule has 2 amide bonds. The number of nitrogens with zero attached hydrogens (tertiary/aromatic N) is 1. The third-order valence-corrected chi connectivity index (χ3v) is 3.94. The lowest BCUT2D eigenvalue weighted by Gasteiger charge is -2.31. The van der Waals surface area contributed by atoms with E-state index in [0.29, 0.717) is 25.2 Å². The maximum absolute atomic E-state index is 13.2. The summed E-state index contributed by atoms with van der Waals surface area (Å²) in [6.07, 6.45) is 0.912. The van der Waals surface area contributed by atoms with Gasteiger partial charge in [0.15, 0.2) is 0 Å². The standard InChI is InChI=1S/C16H29FN2O4/c1-16(2,3)23-14(20)18-13(10-19(4)15(21)22)9-11-5-7-12(17)8-6-11/h11-13H,5-10H2,1-4H3,(H,18,20)(H,21,22)/t11?,12?,13-/m0/s1. The second kappa shape index (κ2) is 8.36. The molecule has 0 bridgehead atoms. The van der Waals surface area contributed by atoms with Crippen LogP contribution in [0, 0.1) is 5.92 Å². The molecule has 1 aliphatic rings.